The minimum atomic E-state index is 0.920. The molecule has 0 amide bonds. The van der Waals surface area contributed by atoms with E-state index in [1.54, 1.807) is 14.4 Å². The van der Waals surface area contributed by atoms with Gasteiger partial charge in [-0.15, -0.1) is 0 Å². The van der Waals surface area contributed by atoms with Crippen LogP contribution in [-0.2, 0) is 53.0 Å². The van der Waals surface area contributed by atoms with Gasteiger partial charge in [-0.25, -0.2) is 4.70 Å². The Bertz CT molecular complexity index is 1090. The Morgan fingerprint density at radius 2 is 1.05 bits per heavy atom. The van der Waals surface area contributed by atoms with E-state index in [1.807, 2.05) is 0 Å². The zero-order valence-electron chi connectivity index (χ0n) is 25.0. The van der Waals surface area contributed by atoms with E-state index >= 15 is 0 Å². The molecular weight excluding hydrogens is 495 g/mol. The van der Waals surface area contributed by atoms with Crippen LogP contribution in [0.3, 0.4) is 0 Å². The van der Waals surface area contributed by atoms with Gasteiger partial charge >= 0.3 is 26.2 Å². The van der Waals surface area contributed by atoms with Crippen LogP contribution in [0.25, 0.3) is 16.9 Å². The van der Waals surface area contributed by atoms with Gasteiger partial charge in [-0.1, -0.05) is 54.9 Å². The Morgan fingerprint density at radius 1 is 0.649 bits per heavy atom. The van der Waals surface area contributed by atoms with Crippen molar-refractivity contribution in [3.63, 3.8) is 0 Å². The molecule has 0 fully saturated rings. The SMILES string of the molecule is CCCCC1=C(c2cc(CC)c(CC)c(CC)c2)[N+](=[N-])C(c2cc(CC)c(CC)c(CC)c2)=C1.[CH3][Ni][CH3]. The van der Waals surface area contributed by atoms with E-state index in [4.69, 9.17) is 0 Å². The summed E-state index contributed by atoms with van der Waals surface area (Å²) in [4.78, 5) is 0. The molecule has 0 bridgehead atoms. The van der Waals surface area contributed by atoms with E-state index < -0.39 is 0 Å². The molecule has 1 heterocycles. The molecule has 1 aliphatic heterocycles. The Labute approximate surface area is 234 Å². The minimum absolute atomic E-state index is 0.920. The van der Waals surface area contributed by atoms with Crippen molar-refractivity contribution in [1.82, 2.24) is 0 Å². The van der Waals surface area contributed by atoms with Crippen LogP contribution in [0.4, 0.5) is 0 Å². The molecule has 37 heavy (non-hydrogen) atoms. The zero-order valence-corrected chi connectivity index (χ0v) is 25.9. The standard InChI is InChI=1S/C32H44N2.2CH3.Ni/c1-8-15-16-26-21-31(27-17-22(9-2)29(13-6)23(10-3)18-27)34(33)32(26)28-19-24(11-4)30(14-7)25(12-5)20-28;;;/h17-21H,8-16H2,1-7H3;2*1H3;. The fraction of sp³-hybridized carbons (Fsp3) is 0.529. The molecular formula is C34H50N2Ni. The van der Waals surface area contributed by atoms with Crippen LogP contribution >= 0.6 is 0 Å². The van der Waals surface area contributed by atoms with Crippen molar-refractivity contribution >= 4 is 11.4 Å². The summed E-state index contributed by atoms with van der Waals surface area (Å²) in [6, 6.07) is 9.27. The maximum atomic E-state index is 11.6. The van der Waals surface area contributed by atoms with Crippen LogP contribution in [0.2, 0.25) is 11.8 Å². The molecule has 206 valence electrons. The molecule has 0 saturated heterocycles. The van der Waals surface area contributed by atoms with Crippen molar-refractivity contribution in [2.75, 3.05) is 0 Å². The molecule has 1 aliphatic rings. The van der Waals surface area contributed by atoms with Gasteiger partial charge < -0.3 is 5.53 Å². The molecule has 0 N–H and O–H groups in total. The van der Waals surface area contributed by atoms with Crippen LogP contribution in [0.1, 0.15) is 112 Å². The van der Waals surface area contributed by atoms with E-state index in [0.29, 0.717) is 0 Å². The van der Waals surface area contributed by atoms with Crippen LogP contribution in [0.5, 0.6) is 0 Å². The van der Waals surface area contributed by atoms with E-state index in [-0.39, 0.29) is 0 Å². The second kappa shape index (κ2) is 15.4. The molecule has 0 atom stereocenters. The maximum absolute atomic E-state index is 11.6. The first-order valence-electron chi connectivity index (χ1n) is 14.3. The normalized spacial score (nSPS) is 13.2. The van der Waals surface area contributed by atoms with Crippen molar-refractivity contribution in [3.05, 3.63) is 86.0 Å². The second-order valence-corrected chi connectivity index (χ2v) is 10.8. The quantitative estimate of drug-likeness (QED) is 0.198. The molecule has 2 aromatic rings. The molecule has 0 aromatic heterocycles. The number of nitrogens with zero attached hydrogens (tertiary/aromatic N) is 2. The Hall–Kier alpha value is -1.99. The summed E-state index contributed by atoms with van der Waals surface area (Å²) in [5.41, 5.74) is 25.7. The predicted octanol–water partition coefficient (Wildman–Crippen LogP) is 10.2. The number of unbranched alkanes of at least 4 members (excludes halogenated alkanes) is 1. The van der Waals surface area contributed by atoms with Crippen LogP contribution in [-0.4, -0.2) is 4.70 Å². The molecule has 0 radical (unpaired) electrons. The first-order chi connectivity index (χ1) is 17.9. The Balaban J connectivity index is 0.00000153. The Kier molecular flexibility index (Phi) is 13.0. The number of rotatable bonds is 11. The summed E-state index contributed by atoms with van der Waals surface area (Å²) in [6.45, 7) is 15.7. The molecule has 0 aliphatic carbocycles. The third kappa shape index (κ3) is 7.11. The number of hydrogen-bond donors (Lipinski definition) is 0. The predicted molar refractivity (Wildman–Crippen MR) is 159 cm³/mol. The molecule has 3 rings (SSSR count). The molecule has 3 heteroatoms. The average Bonchev–Trinajstić information content (AvgIpc) is 3.25. The van der Waals surface area contributed by atoms with E-state index in [9.17, 15) is 5.53 Å². The Morgan fingerprint density at radius 3 is 1.41 bits per heavy atom. The van der Waals surface area contributed by atoms with Gasteiger partial charge in [0.15, 0.2) is 0 Å². The van der Waals surface area contributed by atoms with Gasteiger partial charge in [-0.3, -0.25) is 0 Å². The summed E-state index contributed by atoms with van der Waals surface area (Å²) in [5, 5.41) is 0. The van der Waals surface area contributed by atoms with Gasteiger partial charge in [0, 0.05) is 22.8 Å². The van der Waals surface area contributed by atoms with Gasteiger partial charge in [0.05, 0.1) is 0 Å². The van der Waals surface area contributed by atoms with Gasteiger partial charge in [0.2, 0.25) is 11.4 Å². The van der Waals surface area contributed by atoms with Gasteiger partial charge in [0.1, 0.15) is 0 Å². The third-order valence-corrected chi connectivity index (χ3v) is 7.52. The van der Waals surface area contributed by atoms with Crippen molar-refractivity contribution in [3.8, 4) is 0 Å². The second-order valence-electron chi connectivity index (χ2n) is 9.80. The monoisotopic (exact) mass is 544 g/mol. The topological polar surface area (TPSA) is 25.3 Å². The van der Waals surface area contributed by atoms with E-state index in [2.05, 4.69) is 90.6 Å². The number of allylic oxidation sites excluding steroid dienone is 2. The van der Waals surface area contributed by atoms with Crippen LogP contribution in [0, 0.1) is 0 Å². The third-order valence-electron chi connectivity index (χ3n) is 7.52. The summed E-state index contributed by atoms with van der Waals surface area (Å²) in [5.74, 6) is 4.12. The summed E-state index contributed by atoms with van der Waals surface area (Å²) in [6.07, 6.45) is 11.7. The molecule has 2 nitrogen and oxygen atoms in total. The van der Waals surface area contributed by atoms with Crippen molar-refractivity contribution in [2.45, 2.75) is 118 Å². The van der Waals surface area contributed by atoms with Gasteiger partial charge in [-0.05, 0) is 109 Å². The van der Waals surface area contributed by atoms with Crippen LogP contribution < -0.4 is 0 Å². The number of aryl methyl sites for hydroxylation is 4. The first kappa shape index (κ1) is 31.2. The number of hydrogen-bond acceptors (Lipinski definition) is 0. The summed E-state index contributed by atoms with van der Waals surface area (Å²) < 4.78 is 1.49. The van der Waals surface area contributed by atoms with Crippen molar-refractivity contribution in [2.24, 2.45) is 0 Å². The first-order valence-corrected chi connectivity index (χ1v) is 16.3. The van der Waals surface area contributed by atoms with Gasteiger partial charge in [-0.2, -0.15) is 0 Å². The molecule has 0 saturated carbocycles. The molecule has 0 unspecified atom stereocenters. The summed E-state index contributed by atoms with van der Waals surface area (Å²) in [7, 11) is 0. The van der Waals surface area contributed by atoms with Crippen molar-refractivity contribution < 1.29 is 19.1 Å². The fourth-order valence-corrected chi connectivity index (χ4v) is 5.67. The van der Waals surface area contributed by atoms with E-state index in [0.717, 1.165) is 80.3 Å². The van der Waals surface area contributed by atoms with Crippen LogP contribution in [0.15, 0.2) is 35.9 Å². The number of benzene rings is 2. The fourth-order valence-electron chi connectivity index (χ4n) is 5.67. The molecule has 2 aromatic carbocycles. The average molecular weight is 545 g/mol. The van der Waals surface area contributed by atoms with Crippen molar-refractivity contribution in [1.29, 1.82) is 0 Å². The van der Waals surface area contributed by atoms with Gasteiger partial charge in [0.25, 0.3) is 0 Å². The zero-order chi connectivity index (χ0) is 27.5. The summed E-state index contributed by atoms with van der Waals surface area (Å²) >= 11 is 1.62. The molecule has 0 spiro atoms. The van der Waals surface area contributed by atoms with E-state index in [1.165, 1.54) is 43.7 Å².